The van der Waals surface area contributed by atoms with Crippen LogP contribution in [0, 0.1) is 6.92 Å². The van der Waals surface area contributed by atoms with Gasteiger partial charge in [0.15, 0.2) is 5.78 Å². The first-order valence-electron chi connectivity index (χ1n) is 8.17. The maximum atomic E-state index is 12.2. The molecule has 3 rings (SSSR count). The number of aromatic nitrogens is 1. The van der Waals surface area contributed by atoms with Crippen LogP contribution in [0.25, 0.3) is 17.0 Å². The van der Waals surface area contributed by atoms with Gasteiger partial charge in [0.05, 0.1) is 0 Å². The van der Waals surface area contributed by atoms with Crippen molar-refractivity contribution in [1.82, 2.24) is 4.98 Å². The van der Waals surface area contributed by atoms with Crippen molar-refractivity contribution in [3.63, 3.8) is 0 Å². The van der Waals surface area contributed by atoms with Gasteiger partial charge in [0.25, 0.3) is 5.56 Å². The van der Waals surface area contributed by atoms with Gasteiger partial charge in [-0.2, -0.15) is 0 Å². The Bertz CT molecular complexity index is 1090. The van der Waals surface area contributed by atoms with E-state index in [1.54, 1.807) is 24.3 Å². The van der Waals surface area contributed by atoms with Crippen LogP contribution < -0.4 is 10.9 Å². The number of H-pyrrole nitrogens is 1. The first-order valence-corrected chi connectivity index (χ1v) is 8.17. The number of anilines is 1. The van der Waals surface area contributed by atoms with Gasteiger partial charge in [-0.1, -0.05) is 30.3 Å². The average molecular weight is 346 g/mol. The van der Waals surface area contributed by atoms with Gasteiger partial charge in [0, 0.05) is 28.4 Å². The molecule has 0 fully saturated rings. The number of para-hydroxylation sites is 1. The summed E-state index contributed by atoms with van der Waals surface area (Å²) in [6.07, 6.45) is 2.78. The van der Waals surface area contributed by atoms with Crippen molar-refractivity contribution in [2.75, 3.05) is 5.32 Å². The molecule has 0 spiro atoms. The minimum atomic E-state index is -0.374. The Morgan fingerprint density at radius 1 is 1.08 bits per heavy atom. The van der Waals surface area contributed by atoms with E-state index in [1.807, 2.05) is 31.2 Å². The highest BCUT2D eigenvalue weighted by molar-refractivity contribution is 6.03. The Morgan fingerprint density at radius 3 is 2.62 bits per heavy atom. The molecule has 130 valence electrons. The topological polar surface area (TPSA) is 79.0 Å². The lowest BCUT2D eigenvalue weighted by Gasteiger charge is -2.08. The number of benzene rings is 2. The normalized spacial score (nSPS) is 11.0. The second-order valence-corrected chi connectivity index (χ2v) is 6.05. The first kappa shape index (κ1) is 17.4. The Labute approximate surface area is 150 Å². The van der Waals surface area contributed by atoms with Crippen LogP contribution in [0.4, 0.5) is 5.69 Å². The van der Waals surface area contributed by atoms with E-state index in [1.165, 1.54) is 19.1 Å². The first-order chi connectivity index (χ1) is 12.4. The van der Waals surface area contributed by atoms with Crippen molar-refractivity contribution in [2.45, 2.75) is 13.8 Å². The van der Waals surface area contributed by atoms with Crippen LogP contribution >= 0.6 is 0 Å². The number of rotatable bonds is 4. The summed E-state index contributed by atoms with van der Waals surface area (Å²) in [5, 5.41) is 3.63. The number of nitrogens with one attached hydrogen (secondary N) is 2. The molecule has 1 aromatic heterocycles. The van der Waals surface area contributed by atoms with Gasteiger partial charge in [-0.25, -0.2) is 0 Å². The molecule has 0 atom stereocenters. The SMILES string of the molecule is CC(=O)c1ccc(C)c(NC(=O)/C=C/c2cc3ccccc3[nH]c2=O)c1. The van der Waals surface area contributed by atoms with Gasteiger partial charge < -0.3 is 10.3 Å². The third-order valence-electron chi connectivity index (χ3n) is 4.10. The molecule has 0 radical (unpaired) electrons. The average Bonchev–Trinajstić information content (AvgIpc) is 2.61. The molecular formula is C21H18N2O3. The maximum absolute atomic E-state index is 12.2. The fraction of sp³-hybridized carbons (Fsp3) is 0.0952. The lowest BCUT2D eigenvalue weighted by molar-refractivity contribution is -0.111. The summed E-state index contributed by atoms with van der Waals surface area (Å²) < 4.78 is 0. The number of ketones is 1. The van der Waals surface area contributed by atoms with Crippen molar-refractivity contribution in [2.24, 2.45) is 0 Å². The number of hydrogen-bond acceptors (Lipinski definition) is 3. The van der Waals surface area contributed by atoms with E-state index < -0.39 is 0 Å². The Kier molecular flexibility index (Phi) is 4.80. The van der Waals surface area contributed by atoms with Crippen LogP contribution in [0.3, 0.4) is 0 Å². The van der Waals surface area contributed by atoms with Crippen LogP contribution in [0.5, 0.6) is 0 Å². The van der Waals surface area contributed by atoms with Crippen LogP contribution in [0.15, 0.2) is 59.4 Å². The summed E-state index contributed by atoms with van der Waals surface area (Å²) in [6.45, 7) is 3.32. The van der Waals surface area contributed by atoms with Crippen molar-refractivity contribution in [1.29, 1.82) is 0 Å². The zero-order valence-electron chi connectivity index (χ0n) is 14.5. The predicted molar refractivity (Wildman–Crippen MR) is 103 cm³/mol. The molecule has 5 heteroatoms. The molecule has 1 amide bonds. The third-order valence-corrected chi connectivity index (χ3v) is 4.10. The second-order valence-electron chi connectivity index (χ2n) is 6.05. The number of hydrogen-bond donors (Lipinski definition) is 2. The van der Waals surface area contributed by atoms with E-state index in [0.29, 0.717) is 16.8 Å². The van der Waals surface area contributed by atoms with E-state index >= 15 is 0 Å². The molecule has 3 aromatic rings. The van der Waals surface area contributed by atoms with Gasteiger partial charge in [0.2, 0.25) is 5.91 Å². The van der Waals surface area contributed by atoms with Crippen molar-refractivity contribution < 1.29 is 9.59 Å². The largest absolute Gasteiger partial charge is 0.322 e. The standard InChI is InChI=1S/C21H18N2O3/c1-13-7-8-15(14(2)24)12-19(13)22-20(25)10-9-17-11-16-5-3-4-6-18(16)23-21(17)26/h3-12H,1-2H3,(H,22,25)(H,23,26)/b10-9+. The highest BCUT2D eigenvalue weighted by Gasteiger charge is 2.06. The Hall–Kier alpha value is -3.47. The van der Waals surface area contributed by atoms with E-state index in [0.717, 1.165) is 16.5 Å². The predicted octanol–water partition coefficient (Wildman–Crippen LogP) is 3.69. The highest BCUT2D eigenvalue weighted by atomic mass is 16.1. The van der Waals surface area contributed by atoms with Gasteiger partial charge in [-0.15, -0.1) is 0 Å². The monoisotopic (exact) mass is 346 g/mol. The summed E-state index contributed by atoms with van der Waals surface area (Å²) >= 11 is 0. The zero-order chi connectivity index (χ0) is 18.7. The number of aromatic amines is 1. The number of aryl methyl sites for hydroxylation is 1. The summed E-state index contributed by atoms with van der Waals surface area (Å²) in [4.78, 5) is 38.6. The fourth-order valence-electron chi connectivity index (χ4n) is 2.60. The quantitative estimate of drug-likeness (QED) is 0.558. The molecule has 0 bridgehead atoms. The summed E-state index contributed by atoms with van der Waals surface area (Å²) in [7, 11) is 0. The third kappa shape index (κ3) is 3.78. The number of fused-ring (bicyclic) bond motifs is 1. The Balaban J connectivity index is 1.82. The fourth-order valence-corrected chi connectivity index (χ4v) is 2.60. The molecule has 2 aromatic carbocycles. The number of Topliss-reactive ketones (excluding diaryl/α,β-unsaturated/α-hetero) is 1. The molecule has 1 heterocycles. The second kappa shape index (κ2) is 7.19. The maximum Gasteiger partial charge on any atom is 0.255 e. The lowest BCUT2D eigenvalue weighted by Crippen LogP contribution is -2.12. The van der Waals surface area contributed by atoms with Crippen LogP contribution in [0.2, 0.25) is 0 Å². The van der Waals surface area contributed by atoms with Crippen molar-refractivity contribution in [3.8, 4) is 0 Å². The zero-order valence-corrected chi connectivity index (χ0v) is 14.5. The van der Waals surface area contributed by atoms with E-state index in [2.05, 4.69) is 10.3 Å². The summed E-state index contributed by atoms with van der Waals surface area (Å²) in [5.74, 6) is -0.444. The number of amides is 1. The molecule has 2 N–H and O–H groups in total. The summed E-state index contributed by atoms with van der Waals surface area (Å²) in [5.41, 5.74) is 2.83. The molecule has 0 aliphatic heterocycles. The van der Waals surface area contributed by atoms with Crippen LogP contribution in [0.1, 0.15) is 28.4 Å². The highest BCUT2D eigenvalue weighted by Crippen LogP contribution is 2.17. The molecule has 26 heavy (non-hydrogen) atoms. The molecule has 0 aliphatic carbocycles. The number of carbonyl (C=O) groups is 2. The number of pyridine rings is 1. The molecule has 0 saturated heterocycles. The molecule has 5 nitrogen and oxygen atoms in total. The smallest absolute Gasteiger partial charge is 0.255 e. The van der Waals surface area contributed by atoms with Crippen molar-refractivity contribution in [3.05, 3.63) is 81.7 Å². The number of carbonyl (C=O) groups excluding carboxylic acids is 2. The van der Waals surface area contributed by atoms with E-state index in [4.69, 9.17) is 0 Å². The van der Waals surface area contributed by atoms with Gasteiger partial charge in [-0.05, 0) is 49.1 Å². The minimum Gasteiger partial charge on any atom is -0.322 e. The lowest BCUT2D eigenvalue weighted by atomic mass is 10.1. The van der Waals surface area contributed by atoms with Crippen LogP contribution in [-0.4, -0.2) is 16.7 Å². The van der Waals surface area contributed by atoms with E-state index in [-0.39, 0.29) is 17.2 Å². The summed E-state index contributed by atoms with van der Waals surface area (Å²) in [6, 6.07) is 14.3. The van der Waals surface area contributed by atoms with Crippen molar-refractivity contribution >= 4 is 34.4 Å². The molecular weight excluding hydrogens is 328 g/mol. The van der Waals surface area contributed by atoms with Gasteiger partial charge in [0.1, 0.15) is 0 Å². The van der Waals surface area contributed by atoms with Gasteiger partial charge in [-0.3, -0.25) is 14.4 Å². The Morgan fingerprint density at radius 2 is 1.85 bits per heavy atom. The van der Waals surface area contributed by atoms with Gasteiger partial charge >= 0.3 is 0 Å². The molecule has 0 aliphatic rings. The van der Waals surface area contributed by atoms with Crippen LogP contribution in [-0.2, 0) is 4.79 Å². The minimum absolute atomic E-state index is 0.0706. The van der Waals surface area contributed by atoms with E-state index in [9.17, 15) is 14.4 Å². The molecule has 0 saturated carbocycles. The molecule has 0 unspecified atom stereocenters.